The van der Waals surface area contributed by atoms with E-state index in [9.17, 15) is 19.5 Å². The van der Waals surface area contributed by atoms with E-state index in [4.69, 9.17) is 14.2 Å². The van der Waals surface area contributed by atoms with Gasteiger partial charge in [0.2, 0.25) is 0 Å². The first-order valence-corrected chi connectivity index (χ1v) is 27.4. The van der Waals surface area contributed by atoms with Crippen LogP contribution in [0.4, 0.5) is 0 Å². The molecule has 0 aromatic rings. The Bertz CT molecular complexity index is 1100. The Morgan fingerprint density at radius 3 is 1.23 bits per heavy atom. The molecule has 8 heteroatoms. The molecule has 0 rings (SSSR count). The van der Waals surface area contributed by atoms with E-state index in [1.165, 1.54) is 180 Å². The fourth-order valence-electron chi connectivity index (χ4n) is 8.34. The summed E-state index contributed by atoms with van der Waals surface area (Å²) in [6.45, 7) is 4.68. The number of likely N-dealkylation sites (N-methyl/N-ethyl adjacent to an activating group) is 1. The zero-order chi connectivity index (χ0) is 47.0. The highest BCUT2D eigenvalue weighted by atomic mass is 16.6. The lowest BCUT2D eigenvalue weighted by Crippen LogP contribution is -2.55. The van der Waals surface area contributed by atoms with E-state index < -0.39 is 18.1 Å². The molecule has 0 aliphatic carbocycles. The first kappa shape index (κ1) is 61.8. The second-order valence-electron chi connectivity index (χ2n) is 19.8. The largest absolute Gasteiger partial charge is 0.544 e. The molecule has 0 bridgehead atoms. The van der Waals surface area contributed by atoms with Gasteiger partial charge >= 0.3 is 11.9 Å². The van der Waals surface area contributed by atoms with Crippen LogP contribution in [0.25, 0.3) is 0 Å². The van der Waals surface area contributed by atoms with Gasteiger partial charge in [-0.1, -0.05) is 224 Å². The van der Waals surface area contributed by atoms with Gasteiger partial charge in [0.1, 0.15) is 12.6 Å². The minimum absolute atomic E-state index is 0.0430. The highest BCUT2D eigenvalue weighted by Gasteiger charge is 2.25. The van der Waals surface area contributed by atoms with Crippen LogP contribution in [-0.2, 0) is 28.6 Å². The molecule has 64 heavy (non-hydrogen) atoms. The number of carbonyl (C=O) groups excluding carboxylic acids is 3. The van der Waals surface area contributed by atoms with Crippen LogP contribution >= 0.6 is 0 Å². The topological polar surface area (TPSA) is 102 Å². The smallest absolute Gasteiger partial charge is 0.306 e. The van der Waals surface area contributed by atoms with E-state index in [2.05, 4.69) is 38.2 Å². The van der Waals surface area contributed by atoms with E-state index in [-0.39, 0.29) is 42.7 Å². The summed E-state index contributed by atoms with van der Waals surface area (Å²) >= 11 is 0. The lowest BCUT2D eigenvalue weighted by molar-refractivity contribution is -0.889. The number of esters is 2. The average molecular weight is 904 g/mol. The minimum atomic E-state index is -1.12. The van der Waals surface area contributed by atoms with Crippen LogP contribution < -0.4 is 5.11 Å². The predicted octanol–water partition coefficient (Wildman–Crippen LogP) is 14.6. The molecule has 0 heterocycles. The molecule has 2 atom stereocenters. The molecule has 376 valence electrons. The third kappa shape index (κ3) is 45.0. The summed E-state index contributed by atoms with van der Waals surface area (Å²) in [5.41, 5.74) is 0. The second kappa shape index (κ2) is 47.3. The number of carbonyl (C=O) groups is 3. The first-order chi connectivity index (χ1) is 31.1. The number of carboxylic acids is 1. The maximum atomic E-state index is 12.8. The quantitative estimate of drug-likeness (QED) is 0.0259. The molecule has 2 unspecified atom stereocenters. The number of aliphatic carboxylic acids is 1. The van der Waals surface area contributed by atoms with E-state index in [1.807, 2.05) is 21.1 Å². The normalized spacial score (nSPS) is 13.0. The number of quaternary nitrogens is 1. The Kier molecular flexibility index (Phi) is 45.7. The zero-order valence-electron chi connectivity index (χ0n) is 43.0. The van der Waals surface area contributed by atoms with Gasteiger partial charge in [-0.05, 0) is 44.9 Å². The Morgan fingerprint density at radius 2 is 0.828 bits per heavy atom. The number of unbranched alkanes of at least 4 members (excludes halogenated alkanes) is 32. The molecule has 0 aromatic heterocycles. The lowest BCUT2D eigenvalue weighted by Gasteiger charge is -2.34. The third-order valence-electron chi connectivity index (χ3n) is 12.6. The molecule has 0 aliphatic rings. The minimum Gasteiger partial charge on any atom is -0.544 e. The van der Waals surface area contributed by atoms with Crippen LogP contribution in [0.5, 0.6) is 0 Å². The predicted molar refractivity (Wildman–Crippen MR) is 268 cm³/mol. The van der Waals surface area contributed by atoms with Crippen LogP contribution in [0.1, 0.15) is 264 Å². The van der Waals surface area contributed by atoms with Crippen molar-refractivity contribution < 1.29 is 38.2 Å². The van der Waals surface area contributed by atoms with Gasteiger partial charge in [-0.15, -0.1) is 0 Å². The van der Waals surface area contributed by atoms with Gasteiger partial charge in [0.05, 0.1) is 40.3 Å². The number of hydrogen-bond acceptors (Lipinski definition) is 7. The molecular formula is C56H105NO7. The van der Waals surface area contributed by atoms with Gasteiger partial charge in [0.15, 0.2) is 6.10 Å². The number of carboxylic acid groups (broad SMARTS) is 1. The number of ether oxygens (including phenoxy) is 3. The summed E-state index contributed by atoms with van der Waals surface area (Å²) in [4.78, 5) is 37.1. The highest BCUT2D eigenvalue weighted by molar-refractivity contribution is 5.70. The average Bonchev–Trinajstić information content (AvgIpc) is 3.26. The summed E-state index contributed by atoms with van der Waals surface area (Å²) in [6.07, 6.45) is 55.0. The SMILES string of the molecule is CCCCC/C=C/C/C=C/CCCCCCCCCC(=O)OCC(COCCC(C(=O)[O-])[N+](C)(C)C)OC(=O)CCCCCCCCCCCCCCCCCCCCCCCCC. The van der Waals surface area contributed by atoms with Crippen molar-refractivity contribution in [2.75, 3.05) is 41.0 Å². The molecule has 8 nitrogen and oxygen atoms in total. The van der Waals surface area contributed by atoms with Crippen LogP contribution in [0.3, 0.4) is 0 Å². The molecule has 0 saturated heterocycles. The molecule has 0 radical (unpaired) electrons. The molecular weight excluding hydrogens is 799 g/mol. The van der Waals surface area contributed by atoms with E-state index >= 15 is 0 Å². The fraction of sp³-hybridized carbons (Fsp3) is 0.875. The van der Waals surface area contributed by atoms with Gasteiger partial charge in [0, 0.05) is 19.3 Å². The summed E-state index contributed by atoms with van der Waals surface area (Å²) in [6, 6.07) is -0.725. The van der Waals surface area contributed by atoms with Crippen molar-refractivity contribution in [2.45, 2.75) is 276 Å². The van der Waals surface area contributed by atoms with Crippen LogP contribution in [0.2, 0.25) is 0 Å². The van der Waals surface area contributed by atoms with Crippen LogP contribution in [0, 0.1) is 0 Å². The molecule has 0 aliphatic heterocycles. The number of allylic oxidation sites excluding steroid dienone is 4. The Balaban J connectivity index is 4.16. The van der Waals surface area contributed by atoms with E-state index in [0.29, 0.717) is 12.8 Å². The van der Waals surface area contributed by atoms with Crippen molar-refractivity contribution in [3.05, 3.63) is 24.3 Å². The van der Waals surface area contributed by atoms with Crippen molar-refractivity contribution >= 4 is 17.9 Å². The van der Waals surface area contributed by atoms with Crippen molar-refractivity contribution in [1.29, 1.82) is 0 Å². The molecule has 0 aromatic carbocycles. The molecule has 0 amide bonds. The summed E-state index contributed by atoms with van der Waals surface area (Å²) in [7, 11) is 5.43. The molecule has 0 spiro atoms. The second-order valence-corrected chi connectivity index (χ2v) is 19.8. The van der Waals surface area contributed by atoms with Crippen LogP contribution in [-0.4, -0.2) is 75.5 Å². The van der Waals surface area contributed by atoms with Crippen LogP contribution in [0.15, 0.2) is 24.3 Å². The maximum absolute atomic E-state index is 12.8. The van der Waals surface area contributed by atoms with Crippen molar-refractivity contribution in [1.82, 2.24) is 0 Å². The van der Waals surface area contributed by atoms with Gasteiger partial charge < -0.3 is 28.6 Å². The highest BCUT2D eigenvalue weighted by Crippen LogP contribution is 2.17. The monoisotopic (exact) mass is 904 g/mol. The van der Waals surface area contributed by atoms with E-state index in [1.54, 1.807) is 0 Å². The standard InChI is InChI=1S/C56H105NO7/c1-6-8-10-12-14-16-18-20-22-24-25-26-27-28-29-31-33-35-37-39-41-43-45-47-55(59)64-52(50-62-49-48-53(56(60)61)57(3,4)5)51-63-54(58)46-44-42-40-38-36-34-32-30-23-21-19-17-15-13-11-9-7-2/h15,17,21,23,52-53H,6-14,16,18-20,22,24-51H2,1-5H3/b17-15+,23-21+. The molecule has 0 saturated carbocycles. The number of rotatable bonds is 50. The maximum Gasteiger partial charge on any atom is 0.306 e. The lowest BCUT2D eigenvalue weighted by atomic mass is 10.0. The Morgan fingerprint density at radius 1 is 0.469 bits per heavy atom. The van der Waals surface area contributed by atoms with Crippen molar-refractivity contribution in [3.8, 4) is 0 Å². The zero-order valence-corrected chi connectivity index (χ0v) is 43.0. The number of nitrogens with zero attached hydrogens (tertiary/aromatic N) is 1. The summed E-state index contributed by atoms with van der Waals surface area (Å²) < 4.78 is 17.3. The Labute approximate surface area is 396 Å². The van der Waals surface area contributed by atoms with Gasteiger partial charge in [-0.25, -0.2) is 0 Å². The molecule has 0 N–H and O–H groups in total. The van der Waals surface area contributed by atoms with Gasteiger partial charge in [0.25, 0.3) is 0 Å². The van der Waals surface area contributed by atoms with E-state index in [0.717, 1.165) is 51.4 Å². The summed E-state index contributed by atoms with van der Waals surface area (Å²) in [5, 5.41) is 11.7. The molecule has 0 fully saturated rings. The first-order valence-electron chi connectivity index (χ1n) is 27.4. The third-order valence-corrected chi connectivity index (χ3v) is 12.6. The number of hydrogen-bond donors (Lipinski definition) is 0. The van der Waals surface area contributed by atoms with Gasteiger partial charge in [-0.2, -0.15) is 0 Å². The van der Waals surface area contributed by atoms with Gasteiger partial charge in [-0.3, -0.25) is 9.59 Å². The van der Waals surface area contributed by atoms with Crippen molar-refractivity contribution in [3.63, 3.8) is 0 Å². The fourth-order valence-corrected chi connectivity index (χ4v) is 8.34. The van der Waals surface area contributed by atoms with Crippen molar-refractivity contribution in [2.24, 2.45) is 0 Å². The summed E-state index contributed by atoms with van der Waals surface area (Å²) in [5.74, 6) is -1.72. The Hall–Kier alpha value is -2.19.